The Labute approximate surface area is 136 Å². The molecule has 1 heterocycles. The van der Waals surface area contributed by atoms with Crippen molar-refractivity contribution < 1.29 is 12.8 Å². The quantitative estimate of drug-likeness (QED) is 0.619. The SMILES string of the molecule is CN=C(NCCc1ccc(S(C)(=O)=O)cc1)NCc1ccco1. The van der Waals surface area contributed by atoms with Crippen LogP contribution < -0.4 is 10.6 Å². The fourth-order valence-electron chi connectivity index (χ4n) is 2.03. The Morgan fingerprint density at radius 3 is 2.48 bits per heavy atom. The zero-order chi connectivity index (χ0) is 16.7. The first-order chi connectivity index (χ1) is 11.0. The van der Waals surface area contributed by atoms with Gasteiger partial charge >= 0.3 is 0 Å². The van der Waals surface area contributed by atoms with Crippen LogP contribution in [0.1, 0.15) is 11.3 Å². The van der Waals surface area contributed by atoms with Crippen molar-refractivity contribution in [2.24, 2.45) is 4.99 Å². The van der Waals surface area contributed by atoms with E-state index in [0.29, 0.717) is 23.9 Å². The summed E-state index contributed by atoms with van der Waals surface area (Å²) in [6.45, 7) is 1.26. The molecular formula is C16H21N3O3S. The lowest BCUT2D eigenvalue weighted by Crippen LogP contribution is -2.37. The number of rotatable bonds is 6. The molecule has 2 aromatic rings. The van der Waals surface area contributed by atoms with Gasteiger partial charge in [-0.3, -0.25) is 4.99 Å². The average molecular weight is 335 g/mol. The van der Waals surface area contributed by atoms with E-state index in [9.17, 15) is 8.42 Å². The lowest BCUT2D eigenvalue weighted by molar-refractivity contribution is 0.501. The van der Waals surface area contributed by atoms with Crippen LogP contribution >= 0.6 is 0 Å². The van der Waals surface area contributed by atoms with Crippen molar-refractivity contribution in [2.45, 2.75) is 17.9 Å². The fourth-order valence-corrected chi connectivity index (χ4v) is 2.66. The molecule has 0 amide bonds. The topological polar surface area (TPSA) is 83.7 Å². The third kappa shape index (κ3) is 5.45. The van der Waals surface area contributed by atoms with Crippen molar-refractivity contribution in [1.29, 1.82) is 0 Å². The number of furan rings is 1. The minimum absolute atomic E-state index is 0.338. The van der Waals surface area contributed by atoms with Gasteiger partial charge in [0, 0.05) is 19.8 Å². The van der Waals surface area contributed by atoms with Gasteiger partial charge in [-0.1, -0.05) is 12.1 Å². The van der Waals surface area contributed by atoms with Crippen LogP contribution in [-0.4, -0.2) is 34.2 Å². The first-order valence-electron chi connectivity index (χ1n) is 7.25. The van der Waals surface area contributed by atoms with E-state index in [1.165, 1.54) is 6.26 Å². The Morgan fingerprint density at radius 1 is 1.17 bits per heavy atom. The zero-order valence-corrected chi connectivity index (χ0v) is 14.1. The summed E-state index contributed by atoms with van der Waals surface area (Å²) < 4.78 is 28.1. The van der Waals surface area contributed by atoms with Crippen LogP contribution in [-0.2, 0) is 22.8 Å². The number of guanidine groups is 1. The van der Waals surface area contributed by atoms with E-state index < -0.39 is 9.84 Å². The summed E-state index contributed by atoms with van der Waals surface area (Å²) >= 11 is 0. The highest BCUT2D eigenvalue weighted by molar-refractivity contribution is 7.90. The van der Waals surface area contributed by atoms with Crippen molar-refractivity contribution in [3.05, 3.63) is 54.0 Å². The summed E-state index contributed by atoms with van der Waals surface area (Å²) in [5, 5.41) is 6.36. The van der Waals surface area contributed by atoms with Crippen molar-refractivity contribution >= 4 is 15.8 Å². The van der Waals surface area contributed by atoms with Crippen molar-refractivity contribution in [2.75, 3.05) is 19.8 Å². The van der Waals surface area contributed by atoms with Gasteiger partial charge < -0.3 is 15.1 Å². The molecule has 0 bridgehead atoms. The van der Waals surface area contributed by atoms with E-state index in [2.05, 4.69) is 15.6 Å². The number of sulfone groups is 1. The molecule has 0 unspecified atom stereocenters. The molecule has 0 saturated heterocycles. The summed E-state index contributed by atoms with van der Waals surface area (Å²) in [6, 6.07) is 10.7. The van der Waals surface area contributed by atoms with Gasteiger partial charge in [-0.05, 0) is 36.2 Å². The van der Waals surface area contributed by atoms with Gasteiger partial charge in [0.05, 0.1) is 17.7 Å². The minimum atomic E-state index is -3.14. The van der Waals surface area contributed by atoms with E-state index >= 15 is 0 Å². The van der Waals surface area contributed by atoms with Crippen LogP contribution in [0.3, 0.4) is 0 Å². The smallest absolute Gasteiger partial charge is 0.191 e. The molecule has 0 aliphatic carbocycles. The molecule has 0 radical (unpaired) electrons. The van der Waals surface area contributed by atoms with Crippen LogP contribution in [0.2, 0.25) is 0 Å². The van der Waals surface area contributed by atoms with Gasteiger partial charge in [0.2, 0.25) is 0 Å². The molecule has 0 spiro atoms. The Balaban J connectivity index is 1.79. The van der Waals surface area contributed by atoms with Crippen LogP contribution in [0.5, 0.6) is 0 Å². The second-order valence-electron chi connectivity index (χ2n) is 5.10. The van der Waals surface area contributed by atoms with Crippen molar-refractivity contribution in [1.82, 2.24) is 10.6 Å². The molecule has 6 nitrogen and oxygen atoms in total. The van der Waals surface area contributed by atoms with Gasteiger partial charge in [-0.15, -0.1) is 0 Å². The van der Waals surface area contributed by atoms with Crippen LogP contribution in [0.15, 0.2) is 57.0 Å². The monoisotopic (exact) mass is 335 g/mol. The highest BCUT2D eigenvalue weighted by Crippen LogP contribution is 2.10. The molecule has 0 aliphatic heterocycles. The second kappa shape index (κ2) is 7.82. The average Bonchev–Trinajstić information content (AvgIpc) is 3.03. The number of nitrogens with zero attached hydrogens (tertiary/aromatic N) is 1. The fraction of sp³-hybridized carbons (Fsp3) is 0.312. The molecule has 23 heavy (non-hydrogen) atoms. The Kier molecular flexibility index (Phi) is 5.81. The molecule has 0 fully saturated rings. The van der Waals surface area contributed by atoms with E-state index in [1.807, 2.05) is 24.3 Å². The van der Waals surface area contributed by atoms with Crippen LogP contribution in [0.25, 0.3) is 0 Å². The molecule has 0 atom stereocenters. The molecular weight excluding hydrogens is 314 g/mol. The number of benzene rings is 1. The normalized spacial score (nSPS) is 12.2. The van der Waals surface area contributed by atoms with Crippen LogP contribution in [0, 0.1) is 0 Å². The molecule has 124 valence electrons. The van der Waals surface area contributed by atoms with Gasteiger partial charge in [-0.25, -0.2) is 8.42 Å². The highest BCUT2D eigenvalue weighted by atomic mass is 32.2. The van der Waals surface area contributed by atoms with Crippen molar-refractivity contribution in [3.8, 4) is 0 Å². The third-order valence-electron chi connectivity index (χ3n) is 3.29. The maximum atomic E-state index is 11.4. The Bertz CT molecular complexity index is 735. The Morgan fingerprint density at radius 2 is 1.91 bits per heavy atom. The molecule has 0 saturated carbocycles. The summed E-state index contributed by atoms with van der Waals surface area (Å²) in [5.41, 5.74) is 1.06. The van der Waals surface area contributed by atoms with E-state index in [4.69, 9.17) is 4.42 Å². The van der Waals surface area contributed by atoms with Crippen LogP contribution in [0.4, 0.5) is 0 Å². The summed E-state index contributed by atoms with van der Waals surface area (Å²) in [4.78, 5) is 4.48. The predicted octanol–water partition coefficient (Wildman–Crippen LogP) is 1.59. The Hall–Kier alpha value is -2.28. The van der Waals surface area contributed by atoms with E-state index in [1.54, 1.807) is 25.4 Å². The largest absolute Gasteiger partial charge is 0.467 e. The zero-order valence-electron chi connectivity index (χ0n) is 13.2. The first kappa shape index (κ1) is 17.1. The highest BCUT2D eigenvalue weighted by Gasteiger charge is 2.06. The second-order valence-corrected chi connectivity index (χ2v) is 7.11. The summed E-state index contributed by atoms with van der Waals surface area (Å²) in [6.07, 6.45) is 3.61. The van der Waals surface area contributed by atoms with Gasteiger partial charge in [0.25, 0.3) is 0 Å². The molecule has 1 aromatic carbocycles. The minimum Gasteiger partial charge on any atom is -0.467 e. The number of hydrogen-bond acceptors (Lipinski definition) is 4. The van der Waals surface area contributed by atoms with Gasteiger partial charge in [-0.2, -0.15) is 0 Å². The lowest BCUT2D eigenvalue weighted by Gasteiger charge is -2.11. The number of aliphatic imine (C=N–C) groups is 1. The number of hydrogen-bond donors (Lipinski definition) is 2. The standard InChI is InChI=1S/C16H21N3O3S/c1-17-16(19-12-14-4-3-11-22-14)18-10-9-13-5-7-15(8-6-13)23(2,20)21/h3-8,11H,9-10,12H2,1-2H3,(H2,17,18,19). The third-order valence-corrected chi connectivity index (χ3v) is 4.42. The number of nitrogens with one attached hydrogen (secondary N) is 2. The molecule has 2 N–H and O–H groups in total. The lowest BCUT2D eigenvalue weighted by atomic mass is 10.1. The maximum Gasteiger partial charge on any atom is 0.191 e. The van der Waals surface area contributed by atoms with Gasteiger partial charge in [0.1, 0.15) is 5.76 Å². The van der Waals surface area contributed by atoms with E-state index in [-0.39, 0.29) is 0 Å². The predicted molar refractivity (Wildman–Crippen MR) is 90.2 cm³/mol. The van der Waals surface area contributed by atoms with E-state index in [0.717, 1.165) is 17.7 Å². The van der Waals surface area contributed by atoms with Crippen molar-refractivity contribution in [3.63, 3.8) is 0 Å². The van der Waals surface area contributed by atoms with Gasteiger partial charge in [0.15, 0.2) is 15.8 Å². The first-order valence-corrected chi connectivity index (χ1v) is 9.14. The molecule has 0 aliphatic rings. The molecule has 2 rings (SSSR count). The maximum absolute atomic E-state index is 11.4. The molecule has 7 heteroatoms. The summed E-state index contributed by atoms with van der Waals surface area (Å²) in [7, 11) is -1.43. The summed E-state index contributed by atoms with van der Waals surface area (Å²) in [5.74, 6) is 1.53. The molecule has 1 aromatic heterocycles.